The van der Waals surface area contributed by atoms with Crippen molar-refractivity contribution in [2.45, 2.75) is 0 Å². The molecular weight excluding hydrogens is 481 g/mol. The molecule has 0 aliphatic carbocycles. The number of para-hydroxylation sites is 1. The first-order valence-corrected chi connectivity index (χ1v) is 10.7. The monoisotopic (exact) mass is 503 g/mol. The molecular formula is C22H22IN3O3. The Kier molecular flexibility index (Phi) is 6.15. The van der Waals surface area contributed by atoms with Gasteiger partial charge in [0.1, 0.15) is 5.58 Å². The van der Waals surface area contributed by atoms with Crippen LogP contribution in [0, 0.1) is 3.57 Å². The normalized spacial score (nSPS) is 14.9. The Morgan fingerprint density at radius 1 is 1.03 bits per heavy atom. The number of hydrogen-bond acceptors (Lipinski definition) is 5. The molecule has 7 heteroatoms. The van der Waals surface area contributed by atoms with Gasteiger partial charge in [0.05, 0.1) is 11.3 Å². The molecule has 4 rings (SSSR count). The Morgan fingerprint density at radius 3 is 2.55 bits per heavy atom. The highest BCUT2D eigenvalue weighted by Gasteiger charge is 2.23. The number of halogens is 1. The van der Waals surface area contributed by atoms with Crippen LogP contribution in [-0.2, 0) is 0 Å². The smallest absolute Gasteiger partial charge is 0.338 e. The van der Waals surface area contributed by atoms with E-state index in [4.69, 9.17) is 4.42 Å². The van der Waals surface area contributed by atoms with Crippen molar-refractivity contribution < 1.29 is 9.21 Å². The van der Waals surface area contributed by atoms with Gasteiger partial charge < -0.3 is 14.6 Å². The van der Waals surface area contributed by atoms with E-state index in [-0.39, 0.29) is 11.5 Å². The lowest BCUT2D eigenvalue weighted by atomic mass is 10.2. The van der Waals surface area contributed by atoms with Gasteiger partial charge in [-0.05, 0) is 46.9 Å². The molecule has 1 saturated heterocycles. The third kappa shape index (κ3) is 4.62. The van der Waals surface area contributed by atoms with E-state index in [2.05, 4.69) is 32.8 Å². The summed E-state index contributed by atoms with van der Waals surface area (Å²) in [5.41, 5.74) is 1.81. The maximum atomic E-state index is 12.7. The molecule has 2 aromatic carbocycles. The van der Waals surface area contributed by atoms with Crippen molar-refractivity contribution in [1.82, 2.24) is 9.80 Å². The van der Waals surface area contributed by atoms with Gasteiger partial charge in [0.2, 0.25) is 0 Å². The fourth-order valence-corrected chi connectivity index (χ4v) is 4.20. The van der Waals surface area contributed by atoms with Gasteiger partial charge in [0.25, 0.3) is 5.91 Å². The number of rotatable bonds is 5. The lowest BCUT2D eigenvalue weighted by Crippen LogP contribution is -2.49. The maximum absolute atomic E-state index is 12.7. The molecule has 0 saturated carbocycles. The molecule has 6 nitrogen and oxygen atoms in total. The Hall–Kier alpha value is -2.39. The van der Waals surface area contributed by atoms with Gasteiger partial charge in [0, 0.05) is 54.3 Å². The maximum Gasteiger partial charge on any atom is 0.338 e. The second-order valence-electron chi connectivity index (χ2n) is 7.02. The summed E-state index contributed by atoms with van der Waals surface area (Å²) in [7, 11) is 0. The van der Waals surface area contributed by atoms with Crippen molar-refractivity contribution in [2.75, 3.05) is 44.6 Å². The zero-order valence-electron chi connectivity index (χ0n) is 15.9. The second kappa shape index (κ2) is 8.96. The van der Waals surface area contributed by atoms with Crippen LogP contribution in [0.2, 0.25) is 0 Å². The average Bonchev–Trinajstić information content (AvgIpc) is 2.74. The highest BCUT2D eigenvalue weighted by atomic mass is 127. The first-order chi connectivity index (χ1) is 14.1. The van der Waals surface area contributed by atoms with Crippen LogP contribution in [0.4, 0.5) is 5.69 Å². The van der Waals surface area contributed by atoms with Crippen molar-refractivity contribution in [2.24, 2.45) is 0 Å². The molecule has 1 aromatic heterocycles. The number of benzene rings is 2. The predicted molar refractivity (Wildman–Crippen MR) is 122 cm³/mol. The predicted octanol–water partition coefficient (Wildman–Crippen LogP) is 3.27. The van der Waals surface area contributed by atoms with Crippen LogP contribution in [0.25, 0.3) is 11.0 Å². The first kappa shape index (κ1) is 19.9. The van der Waals surface area contributed by atoms with Gasteiger partial charge >= 0.3 is 5.63 Å². The standard InChI is InChI=1S/C22H22IN3O3/c23-18-7-3-1-5-16(18)22(28)26-13-11-25(12-14-26)10-9-24-19-15-21(27)29-20-8-4-2-6-17(19)20/h1-8,15,24H,9-14H2. The molecule has 0 unspecified atom stereocenters. The van der Waals surface area contributed by atoms with E-state index >= 15 is 0 Å². The number of amides is 1. The van der Waals surface area contributed by atoms with Gasteiger partial charge in [0.15, 0.2) is 0 Å². The number of carbonyl (C=O) groups excluding carboxylic acids is 1. The molecule has 0 bridgehead atoms. The molecule has 2 heterocycles. The molecule has 3 aromatic rings. The summed E-state index contributed by atoms with van der Waals surface area (Å²) >= 11 is 2.21. The highest BCUT2D eigenvalue weighted by molar-refractivity contribution is 14.1. The van der Waals surface area contributed by atoms with Crippen molar-refractivity contribution in [1.29, 1.82) is 0 Å². The zero-order chi connectivity index (χ0) is 20.2. The van der Waals surface area contributed by atoms with Crippen LogP contribution < -0.4 is 10.9 Å². The third-order valence-corrected chi connectivity index (χ3v) is 6.10. The van der Waals surface area contributed by atoms with Crippen LogP contribution in [0.1, 0.15) is 10.4 Å². The fraction of sp³-hybridized carbons (Fsp3) is 0.273. The van der Waals surface area contributed by atoms with Crippen LogP contribution in [0.15, 0.2) is 63.8 Å². The molecule has 1 aliphatic heterocycles. The summed E-state index contributed by atoms with van der Waals surface area (Å²) < 4.78 is 6.22. The molecule has 0 spiro atoms. The largest absolute Gasteiger partial charge is 0.423 e. The Bertz CT molecular complexity index is 1070. The lowest BCUT2D eigenvalue weighted by Gasteiger charge is -2.35. The Morgan fingerprint density at radius 2 is 1.76 bits per heavy atom. The van der Waals surface area contributed by atoms with E-state index in [9.17, 15) is 9.59 Å². The zero-order valence-corrected chi connectivity index (χ0v) is 18.1. The van der Waals surface area contributed by atoms with Crippen LogP contribution >= 0.6 is 22.6 Å². The molecule has 0 radical (unpaired) electrons. The molecule has 1 N–H and O–H groups in total. The van der Waals surface area contributed by atoms with E-state index in [0.717, 1.165) is 59.5 Å². The SMILES string of the molecule is O=C(c1ccccc1I)N1CCN(CCNc2cc(=O)oc3ccccc23)CC1. The number of fused-ring (bicyclic) bond motifs is 1. The summed E-state index contributed by atoms with van der Waals surface area (Å²) in [6.07, 6.45) is 0. The van der Waals surface area contributed by atoms with E-state index in [1.54, 1.807) is 6.07 Å². The number of nitrogens with one attached hydrogen (secondary N) is 1. The summed E-state index contributed by atoms with van der Waals surface area (Å²) in [6, 6.07) is 16.7. The molecule has 1 fully saturated rings. The molecule has 150 valence electrons. The summed E-state index contributed by atoms with van der Waals surface area (Å²) in [5.74, 6) is 0.107. The third-order valence-electron chi connectivity index (χ3n) is 5.16. The molecule has 1 amide bonds. The second-order valence-corrected chi connectivity index (χ2v) is 8.18. The molecule has 0 atom stereocenters. The minimum atomic E-state index is -0.353. The minimum absolute atomic E-state index is 0.107. The van der Waals surface area contributed by atoms with Crippen molar-refractivity contribution in [3.63, 3.8) is 0 Å². The van der Waals surface area contributed by atoms with Gasteiger partial charge in [-0.3, -0.25) is 9.69 Å². The summed E-state index contributed by atoms with van der Waals surface area (Å²) in [5, 5.41) is 4.26. The Labute approximate surface area is 182 Å². The van der Waals surface area contributed by atoms with E-state index in [1.165, 1.54) is 6.07 Å². The lowest BCUT2D eigenvalue weighted by molar-refractivity contribution is 0.0641. The quantitative estimate of drug-likeness (QED) is 0.428. The van der Waals surface area contributed by atoms with E-state index in [0.29, 0.717) is 5.58 Å². The summed E-state index contributed by atoms with van der Waals surface area (Å²) in [4.78, 5) is 28.8. The van der Waals surface area contributed by atoms with E-state index in [1.807, 2.05) is 47.4 Å². The summed E-state index contributed by atoms with van der Waals surface area (Å²) in [6.45, 7) is 4.70. The first-order valence-electron chi connectivity index (χ1n) is 9.65. The minimum Gasteiger partial charge on any atom is -0.423 e. The van der Waals surface area contributed by atoms with Gasteiger partial charge in [-0.2, -0.15) is 0 Å². The van der Waals surface area contributed by atoms with Crippen LogP contribution in [0.3, 0.4) is 0 Å². The molecule has 1 aliphatic rings. The van der Waals surface area contributed by atoms with Crippen molar-refractivity contribution in [3.05, 3.63) is 74.2 Å². The van der Waals surface area contributed by atoms with Gasteiger partial charge in [-0.15, -0.1) is 0 Å². The molecule has 29 heavy (non-hydrogen) atoms. The highest BCUT2D eigenvalue weighted by Crippen LogP contribution is 2.21. The van der Waals surface area contributed by atoms with Crippen molar-refractivity contribution in [3.8, 4) is 0 Å². The van der Waals surface area contributed by atoms with Crippen molar-refractivity contribution >= 4 is 45.2 Å². The average molecular weight is 503 g/mol. The fourth-order valence-electron chi connectivity index (χ4n) is 3.59. The number of anilines is 1. The van der Waals surface area contributed by atoms with Gasteiger partial charge in [-0.25, -0.2) is 4.79 Å². The number of piperazine rings is 1. The number of carbonyl (C=O) groups is 1. The van der Waals surface area contributed by atoms with Gasteiger partial charge in [-0.1, -0.05) is 24.3 Å². The van der Waals surface area contributed by atoms with Crippen LogP contribution in [-0.4, -0.2) is 55.0 Å². The number of nitrogens with zero attached hydrogens (tertiary/aromatic N) is 2. The topological polar surface area (TPSA) is 65.8 Å². The Balaban J connectivity index is 1.30. The van der Waals surface area contributed by atoms with E-state index < -0.39 is 0 Å². The number of hydrogen-bond donors (Lipinski definition) is 1. The van der Waals surface area contributed by atoms with Crippen LogP contribution in [0.5, 0.6) is 0 Å².